The summed E-state index contributed by atoms with van der Waals surface area (Å²) in [6.07, 6.45) is 2.04. The summed E-state index contributed by atoms with van der Waals surface area (Å²) >= 11 is 5.99. The number of halogens is 4. The number of hydrogen-bond donors (Lipinski definition) is 1. The molecule has 174 valence electrons. The zero-order valence-corrected chi connectivity index (χ0v) is 18.8. The molecule has 1 aliphatic carbocycles. The molecule has 0 bridgehead atoms. The number of rotatable bonds is 10. The lowest BCUT2D eigenvalue weighted by molar-refractivity contribution is -0.136. The predicted octanol–water partition coefficient (Wildman–Crippen LogP) is 6.06. The third-order valence-corrected chi connectivity index (χ3v) is 5.27. The van der Waals surface area contributed by atoms with Crippen molar-refractivity contribution in [3.63, 3.8) is 0 Å². The monoisotopic (exact) mass is 469 g/mol. The molecule has 0 atom stereocenters. The van der Waals surface area contributed by atoms with E-state index in [0.29, 0.717) is 34.7 Å². The van der Waals surface area contributed by atoms with E-state index in [9.17, 15) is 22.8 Å². The average Bonchev–Trinajstić information content (AvgIpc) is 3.53. The molecule has 1 amide bonds. The summed E-state index contributed by atoms with van der Waals surface area (Å²) < 4.78 is 40.8. The molecule has 1 aromatic carbocycles. The summed E-state index contributed by atoms with van der Waals surface area (Å²) in [7, 11) is 0. The van der Waals surface area contributed by atoms with E-state index in [1.807, 2.05) is 6.92 Å². The van der Waals surface area contributed by atoms with Crippen LogP contribution in [0.2, 0.25) is 5.02 Å². The molecule has 1 fully saturated rings. The first-order valence-corrected chi connectivity index (χ1v) is 10.9. The van der Waals surface area contributed by atoms with Gasteiger partial charge in [0.25, 0.3) is 0 Å². The average molecular weight is 470 g/mol. The molecule has 0 aromatic heterocycles. The van der Waals surface area contributed by atoms with Crippen LogP contribution in [0.1, 0.15) is 44.2 Å². The van der Waals surface area contributed by atoms with Crippen molar-refractivity contribution >= 4 is 29.6 Å². The Morgan fingerprint density at radius 2 is 1.91 bits per heavy atom. The van der Waals surface area contributed by atoms with Crippen LogP contribution in [0.3, 0.4) is 0 Å². The number of carboxylic acid groups (broad SMARTS) is 1. The summed E-state index contributed by atoms with van der Waals surface area (Å²) in [6.45, 7) is 4.21. The highest BCUT2D eigenvalue weighted by molar-refractivity contribution is 6.30. The quantitative estimate of drug-likeness (QED) is 0.423. The van der Waals surface area contributed by atoms with Crippen LogP contribution in [0.5, 0.6) is 0 Å². The molecular weight excluding hydrogens is 443 g/mol. The lowest BCUT2D eigenvalue weighted by Crippen LogP contribution is -2.33. The Morgan fingerprint density at radius 3 is 2.44 bits per heavy atom. The van der Waals surface area contributed by atoms with Gasteiger partial charge in [0.15, 0.2) is 0 Å². The van der Waals surface area contributed by atoms with Gasteiger partial charge in [-0.05, 0) is 55.5 Å². The third-order valence-electron chi connectivity index (χ3n) is 5.05. The van der Waals surface area contributed by atoms with Gasteiger partial charge in [0.2, 0.25) is 5.91 Å². The van der Waals surface area contributed by atoms with Crippen molar-refractivity contribution in [1.29, 1.82) is 0 Å². The van der Waals surface area contributed by atoms with E-state index in [1.54, 1.807) is 24.0 Å². The third kappa shape index (κ3) is 8.19. The number of carbonyl (C=O) groups excluding carboxylic acids is 1. The van der Waals surface area contributed by atoms with Crippen LogP contribution in [0.4, 0.5) is 13.2 Å². The second-order valence-corrected chi connectivity index (χ2v) is 8.16. The first kappa shape index (κ1) is 25.7. The van der Waals surface area contributed by atoms with Crippen LogP contribution < -0.4 is 0 Å². The maximum atomic E-state index is 13.6. The van der Waals surface area contributed by atoms with Gasteiger partial charge in [0.05, 0.1) is 12.0 Å². The van der Waals surface area contributed by atoms with Gasteiger partial charge in [-0.15, -0.1) is 0 Å². The lowest BCUT2D eigenvalue weighted by Gasteiger charge is -2.22. The molecule has 1 saturated carbocycles. The summed E-state index contributed by atoms with van der Waals surface area (Å²) in [6, 6.07) is 4.61. The van der Waals surface area contributed by atoms with E-state index in [2.05, 4.69) is 0 Å². The molecule has 0 spiro atoms. The van der Waals surface area contributed by atoms with Crippen LogP contribution in [-0.2, 0) is 16.0 Å². The largest absolute Gasteiger partial charge is 0.481 e. The fourth-order valence-electron chi connectivity index (χ4n) is 3.19. The van der Waals surface area contributed by atoms with Crippen molar-refractivity contribution in [2.24, 2.45) is 5.92 Å². The number of amides is 1. The Morgan fingerprint density at radius 1 is 1.22 bits per heavy atom. The molecule has 0 unspecified atom stereocenters. The van der Waals surface area contributed by atoms with Crippen molar-refractivity contribution in [3.05, 3.63) is 63.7 Å². The molecule has 0 saturated heterocycles. The minimum absolute atomic E-state index is 0.00223. The van der Waals surface area contributed by atoms with Crippen LogP contribution >= 0.6 is 11.6 Å². The highest BCUT2D eigenvalue weighted by Gasteiger charge is 2.34. The van der Waals surface area contributed by atoms with Gasteiger partial charge in [0.1, 0.15) is 0 Å². The molecule has 1 aliphatic rings. The van der Waals surface area contributed by atoms with Gasteiger partial charge in [-0.3, -0.25) is 9.59 Å². The van der Waals surface area contributed by atoms with Crippen LogP contribution in [-0.4, -0.2) is 41.1 Å². The fraction of sp³-hybridized carbons (Fsp3) is 0.417. The molecule has 1 aromatic rings. The van der Waals surface area contributed by atoms with Gasteiger partial charge in [0, 0.05) is 24.0 Å². The van der Waals surface area contributed by atoms with E-state index in [-0.39, 0.29) is 24.8 Å². The van der Waals surface area contributed by atoms with Crippen molar-refractivity contribution in [3.8, 4) is 0 Å². The van der Waals surface area contributed by atoms with Gasteiger partial charge in [-0.25, -0.2) is 0 Å². The molecule has 0 radical (unpaired) electrons. The van der Waals surface area contributed by atoms with E-state index < -0.39 is 17.7 Å². The highest BCUT2D eigenvalue weighted by atomic mass is 35.5. The number of allylic oxidation sites excluding steroid dienone is 4. The van der Waals surface area contributed by atoms with E-state index in [4.69, 9.17) is 16.7 Å². The second kappa shape index (κ2) is 11.4. The summed E-state index contributed by atoms with van der Waals surface area (Å²) in [5.41, 5.74) is 0.647. The highest BCUT2D eigenvalue weighted by Crippen LogP contribution is 2.32. The predicted molar refractivity (Wildman–Crippen MR) is 119 cm³/mol. The molecule has 1 N–H and O–H groups in total. The number of nitrogens with zero attached hydrogens (tertiary/aromatic N) is 1. The summed E-state index contributed by atoms with van der Waals surface area (Å²) in [5, 5.41) is 9.22. The normalized spacial score (nSPS) is 15.3. The van der Waals surface area contributed by atoms with Crippen molar-refractivity contribution in [2.45, 2.75) is 45.7 Å². The summed E-state index contributed by atoms with van der Waals surface area (Å²) in [4.78, 5) is 24.8. The van der Waals surface area contributed by atoms with E-state index >= 15 is 0 Å². The zero-order valence-electron chi connectivity index (χ0n) is 18.1. The first-order chi connectivity index (χ1) is 15.0. The number of carbonyl (C=O) groups is 2. The zero-order chi connectivity index (χ0) is 23.9. The molecule has 0 aliphatic heterocycles. The standard InChI is InChI=1S/C24H27ClF3NO3/c1-3-16(15-29(4-2)23(32)19-8-9-19)11-20(24(26,27)28)7-5-6-17-10-18(14-22(30)31)13-21(25)12-17/h5-7,10-13,19H,3-4,8-9,14-15H2,1-2H3,(H,30,31)/b6-5+,16-11+,20-7+. The molecule has 0 heterocycles. The Hall–Kier alpha value is -2.54. The van der Waals surface area contributed by atoms with Gasteiger partial charge < -0.3 is 10.0 Å². The number of hydrogen-bond acceptors (Lipinski definition) is 2. The Kier molecular flexibility index (Phi) is 9.13. The van der Waals surface area contributed by atoms with Gasteiger partial charge in [-0.1, -0.05) is 48.4 Å². The number of alkyl halides is 3. The lowest BCUT2D eigenvalue weighted by atomic mass is 10.1. The van der Waals surface area contributed by atoms with Crippen molar-refractivity contribution in [2.75, 3.05) is 13.1 Å². The summed E-state index contributed by atoms with van der Waals surface area (Å²) in [5.74, 6) is -1.01. The minimum Gasteiger partial charge on any atom is -0.481 e. The number of carboxylic acids is 1. The number of likely N-dealkylation sites (N-methyl/N-ethyl adjacent to an activating group) is 1. The number of benzene rings is 1. The van der Waals surface area contributed by atoms with E-state index in [1.165, 1.54) is 18.2 Å². The molecule has 4 nitrogen and oxygen atoms in total. The van der Waals surface area contributed by atoms with Crippen LogP contribution in [0, 0.1) is 5.92 Å². The first-order valence-electron chi connectivity index (χ1n) is 10.5. The molecule has 32 heavy (non-hydrogen) atoms. The minimum atomic E-state index is -4.56. The number of aliphatic carboxylic acids is 1. The molecular formula is C24H27ClF3NO3. The SMILES string of the molecule is CC\C(=C/C(=C\C=C\c1cc(Cl)cc(CC(=O)O)c1)C(F)(F)F)CN(CC)C(=O)C1CC1. The topological polar surface area (TPSA) is 57.6 Å². The molecule has 2 rings (SSSR count). The molecule has 8 heteroatoms. The van der Waals surface area contributed by atoms with Crippen molar-refractivity contribution < 1.29 is 27.9 Å². The van der Waals surface area contributed by atoms with Crippen LogP contribution in [0.15, 0.2) is 47.6 Å². The van der Waals surface area contributed by atoms with Crippen LogP contribution in [0.25, 0.3) is 6.08 Å². The Bertz CT molecular complexity index is 931. The Labute approximate surface area is 191 Å². The van der Waals surface area contributed by atoms with Gasteiger partial charge in [-0.2, -0.15) is 13.2 Å². The maximum Gasteiger partial charge on any atom is 0.416 e. The second-order valence-electron chi connectivity index (χ2n) is 7.73. The van der Waals surface area contributed by atoms with E-state index in [0.717, 1.165) is 25.0 Å². The smallest absolute Gasteiger partial charge is 0.416 e. The van der Waals surface area contributed by atoms with Gasteiger partial charge >= 0.3 is 12.1 Å². The fourth-order valence-corrected chi connectivity index (χ4v) is 3.46. The Balaban J connectivity index is 2.25. The van der Waals surface area contributed by atoms with Crippen molar-refractivity contribution in [1.82, 2.24) is 4.90 Å². The maximum absolute atomic E-state index is 13.6.